The molecule has 4 heterocycles. The number of carbonyl (C=O) groups excluding carboxylic acids is 2. The van der Waals surface area contributed by atoms with Crippen molar-refractivity contribution in [3.8, 4) is 0 Å². The average Bonchev–Trinajstić information content (AvgIpc) is 3.48. The topological polar surface area (TPSA) is 93.0 Å². The number of hydrogen-bond acceptors (Lipinski definition) is 6. The van der Waals surface area contributed by atoms with Crippen LogP contribution in [-0.4, -0.2) is 49.0 Å². The molecule has 8 nitrogen and oxygen atoms in total. The maximum Gasteiger partial charge on any atom is 0.272 e. The maximum atomic E-state index is 13.4. The number of aromatic nitrogens is 4. The highest BCUT2D eigenvalue weighted by atomic mass is 32.1. The third-order valence-electron chi connectivity index (χ3n) is 6.79. The number of rotatable bonds is 6. The third-order valence-corrected chi connectivity index (χ3v) is 7.79. The predicted molar refractivity (Wildman–Crippen MR) is 133 cm³/mol. The van der Waals surface area contributed by atoms with Gasteiger partial charge in [0.2, 0.25) is 0 Å². The van der Waals surface area contributed by atoms with Crippen LogP contribution in [0.15, 0.2) is 42.0 Å². The van der Waals surface area contributed by atoms with Gasteiger partial charge in [0.15, 0.2) is 5.69 Å². The second-order valence-corrected chi connectivity index (χ2v) is 10.2. The molecule has 178 valence electrons. The number of nitrogens with one attached hydrogen (secondary N) is 1. The third kappa shape index (κ3) is 4.32. The summed E-state index contributed by atoms with van der Waals surface area (Å²) in [5, 5.41) is 8.76. The van der Waals surface area contributed by atoms with Crippen LogP contribution in [0.3, 0.4) is 0 Å². The van der Waals surface area contributed by atoms with E-state index in [4.69, 9.17) is 5.10 Å². The minimum atomic E-state index is -0.137. The number of thiazole rings is 1. The van der Waals surface area contributed by atoms with E-state index >= 15 is 0 Å². The fourth-order valence-electron chi connectivity index (χ4n) is 4.68. The highest BCUT2D eigenvalue weighted by Gasteiger charge is 2.32. The molecule has 2 aliphatic rings. The van der Waals surface area contributed by atoms with E-state index in [0.29, 0.717) is 37.3 Å². The van der Waals surface area contributed by atoms with E-state index in [0.717, 1.165) is 47.1 Å². The van der Waals surface area contributed by atoms with Crippen LogP contribution in [-0.2, 0) is 25.9 Å². The molecule has 0 radical (unpaired) electrons. The minimum Gasteiger partial charge on any atom is -0.348 e. The summed E-state index contributed by atoms with van der Waals surface area (Å²) in [6.45, 7) is 3.68. The van der Waals surface area contributed by atoms with Crippen molar-refractivity contribution in [3.63, 3.8) is 0 Å². The molecule has 0 bridgehead atoms. The lowest BCUT2D eigenvalue weighted by atomic mass is 10.0. The Hall–Kier alpha value is -3.59. The smallest absolute Gasteiger partial charge is 0.272 e. The number of benzene rings is 1. The van der Waals surface area contributed by atoms with Crippen LogP contribution < -0.4 is 5.32 Å². The first-order valence-corrected chi connectivity index (χ1v) is 12.9. The van der Waals surface area contributed by atoms with Crippen LogP contribution in [0.4, 0.5) is 0 Å². The number of fused-ring (bicyclic) bond motifs is 2. The fourth-order valence-corrected chi connectivity index (χ4v) is 5.45. The summed E-state index contributed by atoms with van der Waals surface area (Å²) in [7, 11) is 0. The summed E-state index contributed by atoms with van der Waals surface area (Å²) < 4.78 is 1.97. The molecule has 35 heavy (non-hydrogen) atoms. The van der Waals surface area contributed by atoms with Gasteiger partial charge in [0.05, 0.1) is 23.3 Å². The molecule has 1 N–H and O–H groups in total. The van der Waals surface area contributed by atoms with E-state index in [9.17, 15) is 9.59 Å². The van der Waals surface area contributed by atoms with E-state index in [-0.39, 0.29) is 17.9 Å². The molecule has 3 aromatic heterocycles. The molecule has 1 saturated carbocycles. The predicted octanol–water partition coefficient (Wildman–Crippen LogP) is 3.53. The van der Waals surface area contributed by atoms with Gasteiger partial charge in [-0.25, -0.2) is 4.98 Å². The molecule has 0 unspecified atom stereocenters. The number of carbonyl (C=O) groups is 2. The van der Waals surface area contributed by atoms with Crippen LogP contribution in [0.5, 0.6) is 0 Å². The Kier molecular flexibility index (Phi) is 5.56. The Morgan fingerprint density at radius 3 is 2.89 bits per heavy atom. The van der Waals surface area contributed by atoms with Crippen molar-refractivity contribution in [2.75, 3.05) is 6.54 Å². The first-order chi connectivity index (χ1) is 17.1. The lowest BCUT2D eigenvalue weighted by molar-refractivity contribution is 0.0730. The van der Waals surface area contributed by atoms with E-state index in [2.05, 4.69) is 15.3 Å². The zero-order valence-electron chi connectivity index (χ0n) is 19.5. The van der Waals surface area contributed by atoms with Crippen molar-refractivity contribution >= 4 is 34.1 Å². The number of nitrogens with zero attached hydrogens (tertiary/aromatic N) is 5. The summed E-state index contributed by atoms with van der Waals surface area (Å²) in [4.78, 5) is 38.2. The van der Waals surface area contributed by atoms with Gasteiger partial charge in [0.25, 0.3) is 11.8 Å². The van der Waals surface area contributed by atoms with Crippen molar-refractivity contribution < 1.29 is 9.59 Å². The molecular weight excluding hydrogens is 460 g/mol. The Labute approximate surface area is 207 Å². The molecule has 4 aromatic rings. The van der Waals surface area contributed by atoms with Gasteiger partial charge in [-0.1, -0.05) is 6.07 Å². The van der Waals surface area contributed by atoms with Crippen molar-refractivity contribution in [1.82, 2.24) is 30.0 Å². The second kappa shape index (κ2) is 8.88. The lowest BCUT2D eigenvalue weighted by Gasteiger charge is -2.28. The van der Waals surface area contributed by atoms with Crippen molar-refractivity contribution in [2.24, 2.45) is 0 Å². The van der Waals surface area contributed by atoms with Gasteiger partial charge in [0.1, 0.15) is 0 Å². The number of pyridine rings is 1. The average molecular weight is 487 g/mol. The lowest BCUT2D eigenvalue weighted by Crippen LogP contribution is -2.37. The van der Waals surface area contributed by atoms with Gasteiger partial charge < -0.3 is 10.2 Å². The van der Waals surface area contributed by atoms with E-state index in [1.807, 2.05) is 52.3 Å². The van der Waals surface area contributed by atoms with Crippen molar-refractivity contribution in [3.05, 3.63) is 75.1 Å². The largest absolute Gasteiger partial charge is 0.348 e. The Balaban J connectivity index is 1.28. The maximum absolute atomic E-state index is 13.4. The minimum absolute atomic E-state index is 0.0389. The Morgan fingerprint density at radius 1 is 1.20 bits per heavy atom. The number of aryl methyl sites for hydroxylation is 3. The molecule has 0 atom stereocenters. The van der Waals surface area contributed by atoms with E-state index in [1.165, 1.54) is 4.88 Å². The van der Waals surface area contributed by atoms with E-state index < -0.39 is 0 Å². The Morgan fingerprint density at radius 2 is 2.09 bits per heavy atom. The summed E-state index contributed by atoms with van der Waals surface area (Å²) in [5.74, 6) is -0.175. The van der Waals surface area contributed by atoms with Crippen LogP contribution in [0.2, 0.25) is 0 Å². The fraction of sp³-hybridized carbons (Fsp3) is 0.346. The molecular formula is C26H26N6O2S. The van der Waals surface area contributed by atoms with Gasteiger partial charge in [0, 0.05) is 65.3 Å². The summed E-state index contributed by atoms with van der Waals surface area (Å²) in [6.07, 6.45) is 5.27. The van der Waals surface area contributed by atoms with Gasteiger partial charge in [-0.3, -0.25) is 19.3 Å². The van der Waals surface area contributed by atoms with Gasteiger partial charge >= 0.3 is 0 Å². The Bertz CT molecular complexity index is 1440. The first kappa shape index (κ1) is 21.9. The zero-order valence-corrected chi connectivity index (χ0v) is 20.3. The second-order valence-electron chi connectivity index (χ2n) is 9.24. The molecule has 1 aliphatic heterocycles. The summed E-state index contributed by atoms with van der Waals surface area (Å²) in [5.41, 5.74) is 6.78. The SMILES string of the molecule is Cc1ncsc1CCn1nc(C(=O)NC2CC2)c2c1CCN(C(=O)c1ccc3ncccc3c1)C2. The summed E-state index contributed by atoms with van der Waals surface area (Å²) in [6, 6.07) is 9.68. The molecule has 1 aromatic carbocycles. The molecule has 9 heteroatoms. The van der Waals surface area contributed by atoms with Crippen LogP contribution in [0, 0.1) is 6.92 Å². The summed E-state index contributed by atoms with van der Waals surface area (Å²) >= 11 is 1.65. The van der Waals surface area contributed by atoms with Crippen molar-refractivity contribution in [1.29, 1.82) is 0 Å². The normalized spacial score (nSPS) is 15.3. The van der Waals surface area contributed by atoms with Crippen LogP contribution in [0.25, 0.3) is 10.9 Å². The van der Waals surface area contributed by atoms with E-state index in [1.54, 1.807) is 17.5 Å². The molecule has 1 fully saturated rings. The number of hydrogen-bond donors (Lipinski definition) is 1. The van der Waals surface area contributed by atoms with Gasteiger partial charge in [-0.2, -0.15) is 5.10 Å². The number of amides is 2. The van der Waals surface area contributed by atoms with Gasteiger partial charge in [-0.05, 0) is 44.0 Å². The standard InChI is InChI=1S/C26H26N6O2S/c1-16-23(35-15-28-16)9-12-32-22-8-11-31(14-20(22)24(30-32)25(33)29-19-5-6-19)26(34)18-4-7-21-17(13-18)3-2-10-27-21/h2-4,7,10,13,15,19H,5-6,8-9,11-12,14H2,1H3,(H,29,33). The molecule has 2 amide bonds. The molecule has 6 rings (SSSR count). The van der Waals surface area contributed by atoms with Crippen LogP contribution in [0.1, 0.15) is 55.5 Å². The first-order valence-electron chi connectivity index (χ1n) is 12.0. The molecule has 1 aliphatic carbocycles. The molecule has 0 saturated heterocycles. The monoisotopic (exact) mass is 486 g/mol. The van der Waals surface area contributed by atoms with Gasteiger partial charge in [-0.15, -0.1) is 11.3 Å². The highest BCUT2D eigenvalue weighted by molar-refractivity contribution is 7.09. The van der Waals surface area contributed by atoms with Crippen molar-refractivity contribution in [2.45, 2.75) is 51.7 Å². The quantitative estimate of drug-likeness (QED) is 0.450. The highest BCUT2D eigenvalue weighted by Crippen LogP contribution is 2.27. The molecule has 0 spiro atoms. The van der Waals surface area contributed by atoms with Crippen LogP contribution >= 0.6 is 11.3 Å². The zero-order chi connectivity index (χ0) is 23.9.